The highest BCUT2D eigenvalue weighted by Crippen LogP contribution is 2.43. The summed E-state index contributed by atoms with van der Waals surface area (Å²) in [6, 6.07) is 87.5. The van der Waals surface area contributed by atoms with Crippen LogP contribution in [0.3, 0.4) is 0 Å². The van der Waals surface area contributed by atoms with Crippen molar-refractivity contribution in [3.05, 3.63) is 292 Å². The number of benzene rings is 11. The highest BCUT2D eigenvalue weighted by atomic mass is 15.2. The van der Waals surface area contributed by atoms with Crippen molar-refractivity contribution in [3.63, 3.8) is 0 Å². The molecule has 0 radical (unpaired) electrons. The van der Waals surface area contributed by atoms with Crippen molar-refractivity contribution in [3.8, 4) is 0 Å². The van der Waals surface area contributed by atoms with E-state index in [1.165, 1.54) is 91.7 Å². The first kappa shape index (κ1) is 53.8. The first-order chi connectivity index (χ1) is 39.7. The Morgan fingerprint density at radius 3 is 1.02 bits per heavy atom. The fourth-order valence-electron chi connectivity index (χ4n) is 11.1. The summed E-state index contributed by atoms with van der Waals surface area (Å²) in [5.74, 6) is 0. The van der Waals surface area contributed by atoms with Crippen LogP contribution in [0.4, 0.5) is 51.2 Å². The van der Waals surface area contributed by atoms with Gasteiger partial charge in [0.15, 0.2) is 0 Å². The molecule has 0 saturated carbocycles. The number of unbranched alkanes of at least 4 members (excludes halogenated alkanes) is 2. The van der Waals surface area contributed by atoms with Crippen LogP contribution in [-0.2, 0) is 12.8 Å². The molecule has 11 rings (SSSR count). The molecule has 3 nitrogen and oxygen atoms in total. The Morgan fingerprint density at radius 2 is 0.642 bits per heavy atom. The monoisotopic (exact) mass is 1050 g/mol. The Bertz CT molecular complexity index is 3720. The van der Waals surface area contributed by atoms with Crippen molar-refractivity contribution < 1.29 is 0 Å². The predicted octanol–water partition coefficient (Wildman–Crippen LogP) is 22.7. The molecule has 0 aliphatic carbocycles. The fourth-order valence-corrected chi connectivity index (χ4v) is 11.1. The smallest absolute Gasteiger partial charge is 0.0540 e. The lowest BCUT2D eigenvalue weighted by atomic mass is 9.99. The van der Waals surface area contributed by atoms with E-state index in [9.17, 15) is 0 Å². The normalized spacial score (nSPS) is 11.5. The van der Waals surface area contributed by atoms with Gasteiger partial charge in [-0.05, 0) is 206 Å². The lowest BCUT2D eigenvalue weighted by Gasteiger charge is -2.27. The van der Waals surface area contributed by atoms with E-state index < -0.39 is 0 Å². The lowest BCUT2D eigenvalue weighted by molar-refractivity contribution is 0.795. The van der Waals surface area contributed by atoms with Crippen LogP contribution in [-0.4, -0.2) is 0 Å². The van der Waals surface area contributed by atoms with E-state index in [1.54, 1.807) is 0 Å². The zero-order valence-electron chi connectivity index (χ0n) is 47.9. The molecule has 0 amide bonds. The number of fused-ring (bicyclic) bond motifs is 2. The third kappa shape index (κ3) is 12.2. The maximum atomic E-state index is 2.40. The molecule has 81 heavy (non-hydrogen) atoms. The van der Waals surface area contributed by atoms with E-state index in [4.69, 9.17) is 0 Å². The van der Waals surface area contributed by atoms with Gasteiger partial charge in [-0.1, -0.05) is 202 Å². The lowest BCUT2D eigenvalue weighted by Crippen LogP contribution is -2.10. The van der Waals surface area contributed by atoms with E-state index >= 15 is 0 Å². The third-order valence-corrected chi connectivity index (χ3v) is 15.9. The van der Waals surface area contributed by atoms with Gasteiger partial charge in [0.1, 0.15) is 0 Å². The Morgan fingerprint density at radius 1 is 0.296 bits per heavy atom. The molecule has 11 aromatic rings. The van der Waals surface area contributed by atoms with E-state index in [2.05, 4.69) is 317 Å². The molecule has 3 heteroatoms. The van der Waals surface area contributed by atoms with Gasteiger partial charge in [0.25, 0.3) is 0 Å². The second-order valence-corrected chi connectivity index (χ2v) is 21.8. The molecule has 0 N–H and O–H groups in total. The summed E-state index contributed by atoms with van der Waals surface area (Å²) < 4.78 is 0. The standard InChI is InChI=1S/C78H73N3/c1-7-9-15-60-28-49-70(50-29-60)80(68-40-21-56(3)22-41-68)77-53-38-64(73-17-11-13-19-75(73)77)36-26-62-32-45-66(46-33-62)79(72-44-25-58(5)59(6)55-72)67-47-34-63(35-48-67)27-37-65-39-54-78(76-20-14-12-18-74(65)76)81(69-42-23-57(4)24-43-69)71-51-30-61(31-52-71)16-10-8-2/h11-14,17-55H,7-10,15-16H2,1-6H3. The van der Waals surface area contributed by atoms with Crippen molar-refractivity contribution in [2.45, 2.75) is 80.1 Å². The van der Waals surface area contributed by atoms with Crippen LogP contribution in [0, 0.1) is 27.7 Å². The number of hydrogen-bond acceptors (Lipinski definition) is 3. The molecule has 0 aliphatic rings. The zero-order chi connectivity index (χ0) is 55.7. The summed E-state index contributed by atoms with van der Waals surface area (Å²) in [4.78, 5) is 7.17. The highest BCUT2D eigenvalue weighted by molar-refractivity contribution is 6.05. The first-order valence-electron chi connectivity index (χ1n) is 29.1. The molecule has 0 spiro atoms. The Balaban J connectivity index is 0.863. The van der Waals surface area contributed by atoms with Gasteiger partial charge in [-0.25, -0.2) is 0 Å². The van der Waals surface area contributed by atoms with Crippen LogP contribution < -0.4 is 14.7 Å². The van der Waals surface area contributed by atoms with Crippen molar-refractivity contribution >= 4 is 97.0 Å². The molecule has 0 atom stereocenters. The molecule has 0 saturated heterocycles. The van der Waals surface area contributed by atoms with Gasteiger partial charge in [-0.15, -0.1) is 0 Å². The number of rotatable bonds is 19. The maximum Gasteiger partial charge on any atom is 0.0540 e. The van der Waals surface area contributed by atoms with Gasteiger partial charge in [0.05, 0.1) is 11.4 Å². The van der Waals surface area contributed by atoms with Crippen LogP contribution in [0.1, 0.15) is 95.2 Å². The minimum atomic E-state index is 1.10. The molecule has 0 bridgehead atoms. The minimum Gasteiger partial charge on any atom is -0.310 e. The molecule has 400 valence electrons. The van der Waals surface area contributed by atoms with Gasteiger partial charge >= 0.3 is 0 Å². The molecule has 0 heterocycles. The molecule has 0 aliphatic heterocycles. The summed E-state index contributed by atoms with van der Waals surface area (Å²) in [5, 5.41) is 4.84. The molecule has 0 aromatic heterocycles. The third-order valence-electron chi connectivity index (χ3n) is 15.9. The number of aryl methyl sites for hydroxylation is 6. The summed E-state index contributed by atoms with van der Waals surface area (Å²) in [6.45, 7) is 13.2. The Labute approximate surface area is 481 Å². The second-order valence-electron chi connectivity index (χ2n) is 21.8. The van der Waals surface area contributed by atoms with Crippen molar-refractivity contribution in [2.75, 3.05) is 14.7 Å². The minimum absolute atomic E-state index is 1.10. The molecular formula is C78H73N3. The largest absolute Gasteiger partial charge is 0.310 e. The quantitative estimate of drug-likeness (QED) is 0.0747. The van der Waals surface area contributed by atoms with E-state index in [-0.39, 0.29) is 0 Å². The highest BCUT2D eigenvalue weighted by Gasteiger charge is 2.19. The number of nitrogens with zero attached hydrogens (tertiary/aromatic N) is 3. The van der Waals surface area contributed by atoms with Crippen molar-refractivity contribution in [1.29, 1.82) is 0 Å². The second kappa shape index (κ2) is 24.9. The number of hydrogen-bond donors (Lipinski definition) is 0. The summed E-state index contributed by atoms with van der Waals surface area (Å²) in [7, 11) is 0. The first-order valence-corrected chi connectivity index (χ1v) is 29.1. The van der Waals surface area contributed by atoms with Crippen LogP contribution >= 0.6 is 0 Å². The van der Waals surface area contributed by atoms with Gasteiger partial charge in [0.2, 0.25) is 0 Å². The average molecular weight is 1050 g/mol. The Kier molecular flexibility index (Phi) is 16.5. The van der Waals surface area contributed by atoms with E-state index in [0.29, 0.717) is 0 Å². The van der Waals surface area contributed by atoms with Crippen LogP contribution in [0.5, 0.6) is 0 Å². The maximum absolute atomic E-state index is 2.40. The van der Waals surface area contributed by atoms with Crippen LogP contribution in [0.15, 0.2) is 237 Å². The van der Waals surface area contributed by atoms with E-state index in [0.717, 1.165) is 75.2 Å². The average Bonchev–Trinajstić information content (AvgIpc) is 3.69. The molecular weight excluding hydrogens is 979 g/mol. The van der Waals surface area contributed by atoms with Gasteiger partial charge in [0, 0.05) is 50.6 Å². The SMILES string of the molecule is CCCCc1ccc(N(c2ccc(C)cc2)c2ccc(C=Cc3ccc(N(c4ccc(C=Cc5ccc(N(c6ccc(C)cc6)c6ccc(CCCC)cc6)c6ccccc56)cc4)c4ccc(C)c(C)c4)cc3)c3ccccc23)cc1. The molecule has 0 fully saturated rings. The van der Waals surface area contributed by atoms with Crippen molar-refractivity contribution in [2.24, 2.45) is 0 Å². The van der Waals surface area contributed by atoms with Gasteiger partial charge in [-0.2, -0.15) is 0 Å². The summed E-state index contributed by atoms with van der Waals surface area (Å²) >= 11 is 0. The van der Waals surface area contributed by atoms with Crippen molar-refractivity contribution in [1.82, 2.24) is 0 Å². The zero-order valence-corrected chi connectivity index (χ0v) is 47.9. The van der Waals surface area contributed by atoms with Crippen LogP contribution in [0.25, 0.3) is 45.8 Å². The van der Waals surface area contributed by atoms with Crippen LogP contribution in [0.2, 0.25) is 0 Å². The number of anilines is 9. The van der Waals surface area contributed by atoms with Gasteiger partial charge < -0.3 is 14.7 Å². The predicted molar refractivity (Wildman–Crippen MR) is 352 cm³/mol. The summed E-state index contributed by atoms with van der Waals surface area (Å²) in [5.41, 5.74) is 22.7. The molecule has 11 aromatic carbocycles. The summed E-state index contributed by atoms with van der Waals surface area (Å²) in [6.07, 6.45) is 16.0. The Hall–Kier alpha value is -9.18. The topological polar surface area (TPSA) is 9.72 Å². The van der Waals surface area contributed by atoms with E-state index in [1.807, 2.05) is 0 Å². The fraction of sp³-hybridized carbons (Fsp3) is 0.154. The molecule has 0 unspecified atom stereocenters. The van der Waals surface area contributed by atoms with Gasteiger partial charge in [-0.3, -0.25) is 0 Å².